The Morgan fingerprint density at radius 2 is 1.63 bits per heavy atom. The van der Waals surface area contributed by atoms with Crippen LogP contribution in [0.3, 0.4) is 0 Å². The number of rotatable bonds is 8. The van der Waals surface area contributed by atoms with E-state index in [1.165, 1.54) is 0 Å². The lowest BCUT2D eigenvalue weighted by molar-refractivity contribution is -0.0366. The summed E-state index contributed by atoms with van der Waals surface area (Å²) in [5, 5.41) is 9.30. The Morgan fingerprint density at radius 3 is 2.35 bits per heavy atom. The Hall–Kier alpha value is -4.05. The van der Waals surface area contributed by atoms with Gasteiger partial charge in [0.15, 0.2) is 5.72 Å². The summed E-state index contributed by atoms with van der Waals surface area (Å²) in [6.07, 6.45) is 2.82. The van der Waals surface area contributed by atoms with Crippen LogP contribution in [0.2, 0.25) is 0 Å². The molecule has 3 aliphatic rings. The van der Waals surface area contributed by atoms with E-state index in [4.69, 9.17) is 19.6 Å². The third-order valence-corrected chi connectivity index (χ3v) is 9.46. The predicted octanol–water partition coefficient (Wildman–Crippen LogP) is 5.73. The van der Waals surface area contributed by atoms with E-state index in [-0.39, 0.29) is 6.04 Å². The van der Waals surface area contributed by atoms with Crippen LogP contribution in [0, 0.1) is 0 Å². The molecule has 0 aliphatic carbocycles. The molecule has 4 aromatic rings. The third kappa shape index (κ3) is 6.45. The van der Waals surface area contributed by atoms with Gasteiger partial charge in [-0.3, -0.25) is 9.58 Å². The highest BCUT2D eigenvalue weighted by Gasteiger charge is 2.34. The summed E-state index contributed by atoms with van der Waals surface area (Å²) in [5.41, 5.74) is 5.36. The number of aliphatic imine (C=N–C) groups is 1. The molecule has 0 spiro atoms. The number of nitrogens with zero attached hydrogens (tertiary/aromatic N) is 5. The smallest absolute Gasteiger partial charge is 0.221 e. The number of hydrogen-bond donors (Lipinski definition) is 1. The molecule has 2 saturated heterocycles. The summed E-state index contributed by atoms with van der Waals surface area (Å²) in [5.74, 6) is 0.535. The zero-order chi connectivity index (χ0) is 31.5. The Balaban J connectivity index is 1.15. The first-order valence-electron chi connectivity index (χ1n) is 16.4. The van der Waals surface area contributed by atoms with Gasteiger partial charge in [-0.1, -0.05) is 78.9 Å². The summed E-state index contributed by atoms with van der Waals surface area (Å²) in [6, 6.07) is 26.7. The molecule has 7 rings (SSSR count). The molecule has 46 heavy (non-hydrogen) atoms. The minimum atomic E-state index is -0.808. The molecule has 1 aromatic heterocycles. The third-order valence-electron chi connectivity index (χ3n) is 9.46. The fourth-order valence-electron chi connectivity index (χ4n) is 6.92. The predicted molar refractivity (Wildman–Crippen MR) is 182 cm³/mol. The number of dihydropyridines is 1. The molecule has 3 aromatic carbocycles. The van der Waals surface area contributed by atoms with E-state index in [2.05, 4.69) is 63.7 Å². The molecule has 8 nitrogen and oxygen atoms in total. The second kappa shape index (κ2) is 13.4. The highest BCUT2D eigenvalue weighted by molar-refractivity contribution is 6.23. The number of halogens is 1. The van der Waals surface area contributed by atoms with E-state index in [0.29, 0.717) is 32.1 Å². The Kier molecular flexibility index (Phi) is 8.88. The highest BCUT2D eigenvalue weighted by atomic mass is 19.1. The molecule has 0 bridgehead atoms. The number of aryl methyl sites for hydroxylation is 1. The molecule has 0 saturated carbocycles. The molecule has 240 valence electrons. The van der Waals surface area contributed by atoms with Gasteiger partial charge in [-0.15, -0.1) is 0 Å². The van der Waals surface area contributed by atoms with Gasteiger partial charge in [0.05, 0.1) is 23.4 Å². The van der Waals surface area contributed by atoms with Gasteiger partial charge in [0.2, 0.25) is 5.90 Å². The van der Waals surface area contributed by atoms with Crippen molar-refractivity contribution in [2.24, 2.45) is 12.0 Å². The summed E-state index contributed by atoms with van der Waals surface area (Å²) >= 11 is 0. The number of alkyl halides is 1. The van der Waals surface area contributed by atoms with Gasteiger partial charge in [0.1, 0.15) is 18.5 Å². The number of piperidine rings is 1. The van der Waals surface area contributed by atoms with Crippen molar-refractivity contribution in [1.82, 2.24) is 20.0 Å². The molecular weight excluding hydrogens is 579 g/mol. The number of aromatic nitrogens is 2. The normalized spacial score (nSPS) is 24.1. The van der Waals surface area contributed by atoms with Gasteiger partial charge in [0.25, 0.3) is 0 Å². The summed E-state index contributed by atoms with van der Waals surface area (Å²) in [6.45, 7) is 7.61. The van der Waals surface area contributed by atoms with Crippen LogP contribution in [0.1, 0.15) is 36.6 Å². The molecule has 9 heteroatoms. The van der Waals surface area contributed by atoms with Crippen molar-refractivity contribution in [3.05, 3.63) is 102 Å². The van der Waals surface area contributed by atoms with Crippen molar-refractivity contribution in [3.8, 4) is 0 Å². The van der Waals surface area contributed by atoms with Crippen LogP contribution < -0.4 is 10.2 Å². The molecule has 0 amide bonds. The maximum absolute atomic E-state index is 14.7. The standard InChI is InChI=1S/C37H43FN6O2/c1-37(46-26-28-12-7-4-8-13-28)18-16-30(36(40-37)45-25-27-10-5-3-6-11-27)34-29-14-9-15-33(35(29)42(2)41-34)44-22-20-43(21-23-44)32-17-19-39-24-31(32)38/h3-16,31-32,39H,17-26H2,1-2H3. The van der Waals surface area contributed by atoms with Crippen LogP contribution in [0.25, 0.3) is 16.5 Å². The summed E-state index contributed by atoms with van der Waals surface area (Å²) in [4.78, 5) is 9.85. The minimum Gasteiger partial charge on any atom is -0.472 e. The second-order valence-corrected chi connectivity index (χ2v) is 12.7. The summed E-state index contributed by atoms with van der Waals surface area (Å²) < 4.78 is 29.5. The first-order valence-corrected chi connectivity index (χ1v) is 16.4. The van der Waals surface area contributed by atoms with Crippen LogP contribution >= 0.6 is 0 Å². The lowest BCUT2D eigenvalue weighted by Crippen LogP contribution is -2.57. The number of nitrogens with one attached hydrogen (secondary N) is 1. The van der Waals surface area contributed by atoms with Crippen molar-refractivity contribution >= 4 is 28.1 Å². The van der Waals surface area contributed by atoms with E-state index in [9.17, 15) is 4.39 Å². The minimum absolute atomic E-state index is 0.0108. The van der Waals surface area contributed by atoms with Crippen molar-refractivity contribution in [2.45, 2.75) is 50.9 Å². The zero-order valence-electron chi connectivity index (χ0n) is 26.7. The molecule has 1 N–H and O–H groups in total. The number of fused-ring (bicyclic) bond motifs is 1. The second-order valence-electron chi connectivity index (χ2n) is 12.7. The van der Waals surface area contributed by atoms with Gasteiger partial charge in [-0.25, -0.2) is 9.38 Å². The average molecular weight is 623 g/mol. The first-order chi connectivity index (χ1) is 22.5. The van der Waals surface area contributed by atoms with Crippen molar-refractivity contribution in [2.75, 3.05) is 44.2 Å². The maximum Gasteiger partial charge on any atom is 0.221 e. The van der Waals surface area contributed by atoms with Crippen LogP contribution in [0.4, 0.5) is 10.1 Å². The summed E-state index contributed by atoms with van der Waals surface area (Å²) in [7, 11) is 2.01. The fourth-order valence-corrected chi connectivity index (χ4v) is 6.92. The fraction of sp³-hybridized carbons (Fsp3) is 0.405. The van der Waals surface area contributed by atoms with Gasteiger partial charge in [-0.2, -0.15) is 5.10 Å². The van der Waals surface area contributed by atoms with Crippen LogP contribution in [-0.4, -0.2) is 77.8 Å². The lowest BCUT2D eigenvalue weighted by Gasteiger charge is -2.42. The number of benzene rings is 3. The van der Waals surface area contributed by atoms with Crippen molar-refractivity contribution in [3.63, 3.8) is 0 Å². The molecule has 3 aliphatic heterocycles. The van der Waals surface area contributed by atoms with E-state index in [0.717, 1.165) is 78.1 Å². The van der Waals surface area contributed by atoms with Crippen LogP contribution in [0.5, 0.6) is 0 Å². The maximum atomic E-state index is 14.7. The molecule has 0 radical (unpaired) electrons. The Morgan fingerprint density at radius 1 is 0.913 bits per heavy atom. The lowest BCUT2D eigenvalue weighted by atomic mass is 9.99. The Labute approximate surface area is 270 Å². The first kappa shape index (κ1) is 30.6. The molecule has 2 fully saturated rings. The van der Waals surface area contributed by atoms with Crippen LogP contribution in [0.15, 0.2) is 89.9 Å². The number of para-hydroxylation sites is 1. The monoisotopic (exact) mass is 622 g/mol. The van der Waals surface area contributed by atoms with Gasteiger partial charge in [-0.05, 0) is 37.1 Å². The number of anilines is 1. The van der Waals surface area contributed by atoms with Gasteiger partial charge < -0.3 is 19.7 Å². The number of piperazine rings is 1. The quantitative estimate of drug-likeness (QED) is 0.271. The van der Waals surface area contributed by atoms with Crippen molar-refractivity contribution < 1.29 is 13.9 Å². The van der Waals surface area contributed by atoms with E-state index in [1.54, 1.807) is 0 Å². The van der Waals surface area contributed by atoms with Gasteiger partial charge >= 0.3 is 0 Å². The van der Waals surface area contributed by atoms with E-state index >= 15 is 0 Å². The molecular formula is C37H43FN6O2. The van der Waals surface area contributed by atoms with E-state index < -0.39 is 11.9 Å². The zero-order valence-corrected chi connectivity index (χ0v) is 26.7. The van der Waals surface area contributed by atoms with Crippen LogP contribution in [-0.2, 0) is 29.7 Å². The SMILES string of the molecule is Cn1nc(C2=CCC(C)(OCc3ccccc3)N=C2OCc2ccccc2)c2cccc(N3CCN(C4CCNCC4F)CC3)c21. The topological polar surface area (TPSA) is 67.2 Å². The molecule has 3 atom stereocenters. The largest absolute Gasteiger partial charge is 0.472 e. The Bertz CT molecular complexity index is 1700. The van der Waals surface area contributed by atoms with Gasteiger partial charge in [0, 0.05) is 57.6 Å². The van der Waals surface area contributed by atoms with Crippen molar-refractivity contribution in [1.29, 1.82) is 0 Å². The van der Waals surface area contributed by atoms with E-state index in [1.807, 2.05) is 55.1 Å². The number of hydrogen-bond acceptors (Lipinski definition) is 7. The molecule has 4 heterocycles. The number of ether oxygens (including phenoxy) is 2. The molecule has 3 unspecified atom stereocenters. The highest BCUT2D eigenvalue weighted by Crippen LogP contribution is 2.37. The average Bonchev–Trinajstić information content (AvgIpc) is 3.44.